The number of amides is 3. The van der Waals surface area contributed by atoms with Crippen LogP contribution in [-0.2, 0) is 32.0 Å². The summed E-state index contributed by atoms with van der Waals surface area (Å²) < 4.78 is 0. The van der Waals surface area contributed by atoms with Crippen LogP contribution < -0.4 is 21.7 Å². The summed E-state index contributed by atoms with van der Waals surface area (Å²) >= 11 is 0. The molecule has 0 radical (unpaired) electrons. The van der Waals surface area contributed by atoms with E-state index < -0.39 is 54.5 Å². The number of hydrogen-bond acceptors (Lipinski definition) is 8. The number of nitrogens with one attached hydrogen (secondary N) is 3. The zero-order valence-corrected chi connectivity index (χ0v) is 19.5. The highest BCUT2D eigenvalue weighted by Gasteiger charge is 2.29. The van der Waals surface area contributed by atoms with Crippen LogP contribution in [0.5, 0.6) is 11.5 Å². The van der Waals surface area contributed by atoms with Crippen molar-refractivity contribution in [2.45, 2.75) is 43.9 Å². The Labute approximate surface area is 207 Å². The Kier molecular flexibility index (Phi) is 10.2. The largest absolute Gasteiger partial charge is 0.508 e. The molecule has 0 aliphatic rings. The van der Waals surface area contributed by atoms with Gasteiger partial charge in [-0.1, -0.05) is 24.3 Å². The van der Waals surface area contributed by atoms with E-state index in [1.165, 1.54) is 31.2 Å². The van der Waals surface area contributed by atoms with Crippen molar-refractivity contribution in [2.75, 3.05) is 6.61 Å². The molecule has 0 heterocycles. The molecular weight excluding hydrogens is 472 g/mol. The Morgan fingerprint density at radius 2 is 1.19 bits per heavy atom. The van der Waals surface area contributed by atoms with Gasteiger partial charge in [0.05, 0.1) is 12.6 Å². The van der Waals surface area contributed by atoms with Gasteiger partial charge in [-0.05, 0) is 48.7 Å². The molecule has 0 saturated carbocycles. The summed E-state index contributed by atoms with van der Waals surface area (Å²) in [4.78, 5) is 49.1. The number of aliphatic hydroxyl groups excluding tert-OH is 1. The molecule has 4 atom stereocenters. The van der Waals surface area contributed by atoms with Gasteiger partial charge in [-0.2, -0.15) is 0 Å². The normalized spacial score (nSPS) is 14.1. The number of aromatic hydroxyl groups is 2. The summed E-state index contributed by atoms with van der Waals surface area (Å²) in [6.07, 6.45) is 0.0868. The summed E-state index contributed by atoms with van der Waals surface area (Å²) in [7, 11) is 0. The topological polar surface area (TPSA) is 211 Å². The van der Waals surface area contributed by atoms with Gasteiger partial charge in [-0.15, -0.1) is 0 Å². The standard InChI is InChI=1S/C24H30N4O8/c1-13(24(35)36)26-23(34)20(12-29)28-22(33)19(11-15-4-8-17(31)9-5-15)27-21(32)18(25)10-14-2-6-16(30)7-3-14/h2-9,13,18-20,29-31H,10-12,25H2,1H3,(H,26,34)(H,27,32)(H,28,33)(H,35,36). The predicted molar refractivity (Wildman–Crippen MR) is 128 cm³/mol. The molecule has 12 heteroatoms. The molecule has 194 valence electrons. The lowest BCUT2D eigenvalue weighted by Crippen LogP contribution is -2.58. The van der Waals surface area contributed by atoms with Crippen LogP contribution in [0.15, 0.2) is 48.5 Å². The van der Waals surface area contributed by atoms with Gasteiger partial charge in [0.25, 0.3) is 0 Å². The van der Waals surface area contributed by atoms with Crippen molar-refractivity contribution < 1.29 is 39.6 Å². The fourth-order valence-corrected chi connectivity index (χ4v) is 3.18. The number of carboxylic acids is 1. The first-order valence-corrected chi connectivity index (χ1v) is 11.1. The molecule has 0 aliphatic carbocycles. The highest BCUT2D eigenvalue weighted by atomic mass is 16.4. The van der Waals surface area contributed by atoms with Crippen LogP contribution in [0.3, 0.4) is 0 Å². The van der Waals surface area contributed by atoms with Gasteiger partial charge in [0, 0.05) is 6.42 Å². The van der Waals surface area contributed by atoms with Crippen LogP contribution >= 0.6 is 0 Å². The number of carbonyl (C=O) groups excluding carboxylic acids is 3. The van der Waals surface area contributed by atoms with Gasteiger partial charge < -0.3 is 42.1 Å². The van der Waals surface area contributed by atoms with Crippen molar-refractivity contribution in [1.29, 1.82) is 0 Å². The highest BCUT2D eigenvalue weighted by molar-refractivity contribution is 5.94. The fourth-order valence-electron chi connectivity index (χ4n) is 3.18. The lowest BCUT2D eigenvalue weighted by molar-refractivity contribution is -0.142. The van der Waals surface area contributed by atoms with E-state index in [2.05, 4.69) is 16.0 Å². The number of rotatable bonds is 12. The lowest BCUT2D eigenvalue weighted by atomic mass is 10.0. The average Bonchev–Trinajstić information content (AvgIpc) is 2.84. The summed E-state index contributed by atoms with van der Waals surface area (Å²) in [6, 6.07) is 7.02. The second-order valence-corrected chi connectivity index (χ2v) is 8.22. The maximum atomic E-state index is 13.0. The molecule has 4 unspecified atom stereocenters. The Morgan fingerprint density at radius 1 is 0.750 bits per heavy atom. The van der Waals surface area contributed by atoms with Crippen LogP contribution in [0.1, 0.15) is 18.1 Å². The van der Waals surface area contributed by atoms with Crippen LogP contribution in [0.25, 0.3) is 0 Å². The van der Waals surface area contributed by atoms with Gasteiger partial charge in [-0.25, -0.2) is 0 Å². The van der Waals surface area contributed by atoms with Crippen LogP contribution in [-0.4, -0.2) is 74.9 Å². The molecule has 0 saturated heterocycles. The number of carbonyl (C=O) groups is 4. The fraction of sp³-hybridized carbons (Fsp3) is 0.333. The molecule has 0 fully saturated rings. The molecule has 36 heavy (non-hydrogen) atoms. The minimum Gasteiger partial charge on any atom is -0.508 e. The Bertz CT molecular complexity index is 1060. The molecule has 0 aliphatic heterocycles. The van der Waals surface area contributed by atoms with E-state index in [4.69, 9.17) is 10.8 Å². The molecule has 2 aromatic rings. The molecular formula is C24H30N4O8. The van der Waals surface area contributed by atoms with Crippen molar-refractivity contribution >= 4 is 23.7 Å². The van der Waals surface area contributed by atoms with E-state index in [-0.39, 0.29) is 24.3 Å². The van der Waals surface area contributed by atoms with Crippen molar-refractivity contribution in [2.24, 2.45) is 5.73 Å². The van der Waals surface area contributed by atoms with Crippen molar-refractivity contribution in [3.8, 4) is 11.5 Å². The maximum absolute atomic E-state index is 13.0. The van der Waals surface area contributed by atoms with Crippen LogP contribution in [0.2, 0.25) is 0 Å². The molecule has 0 bridgehead atoms. The first kappa shape index (κ1) is 28.1. The second kappa shape index (κ2) is 13.1. The van der Waals surface area contributed by atoms with Crippen molar-refractivity contribution in [1.82, 2.24) is 16.0 Å². The third-order valence-corrected chi connectivity index (χ3v) is 5.28. The second-order valence-electron chi connectivity index (χ2n) is 8.22. The van der Waals surface area contributed by atoms with E-state index >= 15 is 0 Å². The number of phenolic OH excluding ortho intramolecular Hbond substituents is 2. The number of hydrogen-bond donors (Lipinski definition) is 8. The molecule has 0 aromatic heterocycles. The molecule has 9 N–H and O–H groups in total. The molecule has 0 spiro atoms. The molecule has 2 aromatic carbocycles. The zero-order chi connectivity index (χ0) is 26.8. The van der Waals surface area contributed by atoms with E-state index in [0.717, 1.165) is 0 Å². The summed E-state index contributed by atoms with van der Waals surface area (Å²) in [5.74, 6) is -3.63. The summed E-state index contributed by atoms with van der Waals surface area (Å²) in [5.41, 5.74) is 7.26. The number of benzene rings is 2. The number of aliphatic hydroxyl groups is 1. The molecule has 3 amide bonds. The van der Waals surface area contributed by atoms with E-state index in [1.54, 1.807) is 24.3 Å². The number of nitrogens with two attached hydrogens (primary N) is 1. The molecule has 12 nitrogen and oxygen atoms in total. The average molecular weight is 503 g/mol. The Hall–Kier alpha value is -4.16. The summed E-state index contributed by atoms with van der Waals surface area (Å²) in [5, 5.41) is 44.4. The minimum absolute atomic E-state index is 0.00396. The predicted octanol–water partition coefficient (Wildman–Crippen LogP) is -1.24. The number of phenols is 2. The van der Waals surface area contributed by atoms with Crippen molar-refractivity contribution in [3.63, 3.8) is 0 Å². The zero-order valence-electron chi connectivity index (χ0n) is 19.5. The van der Waals surface area contributed by atoms with Crippen LogP contribution in [0, 0.1) is 0 Å². The Balaban J connectivity index is 2.15. The monoisotopic (exact) mass is 502 g/mol. The third kappa shape index (κ3) is 8.56. The molecule has 2 rings (SSSR count). The van der Waals surface area contributed by atoms with Crippen LogP contribution in [0.4, 0.5) is 0 Å². The van der Waals surface area contributed by atoms with Gasteiger partial charge in [-0.3, -0.25) is 19.2 Å². The minimum atomic E-state index is -1.47. The third-order valence-electron chi connectivity index (χ3n) is 5.28. The lowest BCUT2D eigenvalue weighted by Gasteiger charge is -2.24. The van der Waals surface area contributed by atoms with Gasteiger partial charge in [0.2, 0.25) is 17.7 Å². The number of aliphatic carboxylic acids is 1. The first-order valence-electron chi connectivity index (χ1n) is 11.1. The first-order chi connectivity index (χ1) is 17.0. The van der Waals surface area contributed by atoms with E-state index in [1.807, 2.05) is 0 Å². The van der Waals surface area contributed by atoms with E-state index in [0.29, 0.717) is 11.1 Å². The highest BCUT2D eigenvalue weighted by Crippen LogP contribution is 2.13. The van der Waals surface area contributed by atoms with Gasteiger partial charge in [0.15, 0.2) is 0 Å². The van der Waals surface area contributed by atoms with Gasteiger partial charge >= 0.3 is 5.97 Å². The summed E-state index contributed by atoms with van der Waals surface area (Å²) in [6.45, 7) is 0.407. The van der Waals surface area contributed by atoms with Crippen molar-refractivity contribution in [3.05, 3.63) is 59.7 Å². The van der Waals surface area contributed by atoms with E-state index in [9.17, 15) is 34.5 Å². The quantitative estimate of drug-likeness (QED) is 0.174. The van der Waals surface area contributed by atoms with Gasteiger partial charge in [0.1, 0.15) is 29.6 Å². The smallest absolute Gasteiger partial charge is 0.325 e. The Morgan fingerprint density at radius 3 is 1.67 bits per heavy atom. The number of carboxylic acid groups (broad SMARTS) is 1. The SMILES string of the molecule is CC(NC(=O)C(CO)NC(=O)C(Cc1ccc(O)cc1)NC(=O)C(N)Cc1ccc(O)cc1)C(=O)O. The maximum Gasteiger partial charge on any atom is 0.325 e.